The van der Waals surface area contributed by atoms with Gasteiger partial charge in [-0.3, -0.25) is 4.79 Å². The van der Waals surface area contributed by atoms with E-state index in [0.717, 1.165) is 5.69 Å². The molecule has 2 heterocycles. The maximum atomic E-state index is 12.5. The van der Waals surface area contributed by atoms with Gasteiger partial charge >= 0.3 is 0 Å². The van der Waals surface area contributed by atoms with Crippen molar-refractivity contribution in [3.63, 3.8) is 0 Å². The summed E-state index contributed by atoms with van der Waals surface area (Å²) in [6, 6.07) is 7.50. The molecule has 0 bridgehead atoms. The van der Waals surface area contributed by atoms with E-state index < -0.39 is 0 Å². The topological polar surface area (TPSA) is 73.4 Å². The van der Waals surface area contributed by atoms with Crippen LogP contribution in [0, 0.1) is 0 Å². The van der Waals surface area contributed by atoms with Crippen LogP contribution in [-0.4, -0.2) is 52.7 Å². The predicted octanol–water partition coefficient (Wildman–Crippen LogP) is 1.52. The number of halogens is 2. The molecule has 23 heavy (non-hydrogen) atoms. The molecule has 8 heteroatoms. The summed E-state index contributed by atoms with van der Waals surface area (Å²) in [5, 5.41) is 0. The first-order valence-corrected chi connectivity index (χ1v) is 6.97. The van der Waals surface area contributed by atoms with E-state index >= 15 is 0 Å². The number of amides is 1. The van der Waals surface area contributed by atoms with E-state index in [1.54, 1.807) is 17.4 Å². The number of hydrogen-bond donors (Lipinski definition) is 1. The SMILES string of the molecule is Cl.Cl.NCC1CN(C(=O)c2ccc(-n3ccnc3)cc2)CCO1. The number of imidazole rings is 1. The molecule has 1 atom stereocenters. The van der Waals surface area contributed by atoms with Crippen molar-refractivity contribution in [3.8, 4) is 5.69 Å². The standard InChI is InChI=1S/C15H18N4O2.2ClH/c16-9-14-10-18(7-8-21-14)15(20)12-1-3-13(4-2-12)19-6-5-17-11-19;;/h1-6,11,14H,7-10,16H2;2*1H. The lowest BCUT2D eigenvalue weighted by Crippen LogP contribution is -2.48. The Labute approximate surface area is 147 Å². The highest BCUT2D eigenvalue weighted by Gasteiger charge is 2.24. The summed E-state index contributed by atoms with van der Waals surface area (Å²) in [7, 11) is 0. The largest absolute Gasteiger partial charge is 0.373 e. The summed E-state index contributed by atoms with van der Waals surface area (Å²) in [5.74, 6) is 0.0222. The van der Waals surface area contributed by atoms with Crippen LogP contribution in [0.25, 0.3) is 5.69 Å². The van der Waals surface area contributed by atoms with Crippen molar-refractivity contribution in [1.29, 1.82) is 0 Å². The molecule has 0 spiro atoms. The van der Waals surface area contributed by atoms with Gasteiger partial charge in [-0.1, -0.05) is 0 Å². The maximum absolute atomic E-state index is 12.5. The number of benzene rings is 1. The summed E-state index contributed by atoms with van der Waals surface area (Å²) in [6.45, 7) is 2.14. The van der Waals surface area contributed by atoms with Gasteiger partial charge < -0.3 is 19.9 Å². The highest BCUT2D eigenvalue weighted by molar-refractivity contribution is 5.94. The van der Waals surface area contributed by atoms with Crippen LogP contribution < -0.4 is 5.73 Å². The molecule has 1 saturated heterocycles. The third kappa shape index (κ3) is 4.45. The van der Waals surface area contributed by atoms with Crippen LogP contribution in [0.1, 0.15) is 10.4 Å². The molecule has 1 unspecified atom stereocenters. The Morgan fingerprint density at radius 2 is 2.04 bits per heavy atom. The van der Waals surface area contributed by atoms with Crippen LogP contribution in [0.3, 0.4) is 0 Å². The molecule has 2 N–H and O–H groups in total. The highest BCUT2D eigenvalue weighted by atomic mass is 35.5. The Morgan fingerprint density at radius 3 is 2.65 bits per heavy atom. The fourth-order valence-electron chi connectivity index (χ4n) is 2.42. The van der Waals surface area contributed by atoms with Gasteiger partial charge in [-0.25, -0.2) is 4.98 Å². The zero-order chi connectivity index (χ0) is 14.7. The van der Waals surface area contributed by atoms with Crippen molar-refractivity contribution in [3.05, 3.63) is 48.5 Å². The molecule has 1 aromatic heterocycles. The van der Waals surface area contributed by atoms with Crippen molar-refractivity contribution >= 4 is 30.7 Å². The number of hydrogen-bond acceptors (Lipinski definition) is 4. The average molecular weight is 359 g/mol. The van der Waals surface area contributed by atoms with E-state index in [2.05, 4.69) is 4.98 Å². The van der Waals surface area contributed by atoms with E-state index in [9.17, 15) is 4.79 Å². The minimum atomic E-state index is -0.0621. The minimum absolute atomic E-state index is 0. The van der Waals surface area contributed by atoms with Crippen molar-refractivity contribution < 1.29 is 9.53 Å². The number of nitrogens with two attached hydrogens (primary N) is 1. The van der Waals surface area contributed by atoms with Crippen molar-refractivity contribution in [1.82, 2.24) is 14.5 Å². The lowest BCUT2D eigenvalue weighted by atomic mass is 10.1. The monoisotopic (exact) mass is 358 g/mol. The Kier molecular flexibility index (Phi) is 7.51. The van der Waals surface area contributed by atoms with Crippen LogP contribution in [0.5, 0.6) is 0 Å². The van der Waals surface area contributed by atoms with Gasteiger partial charge in [0.1, 0.15) is 0 Å². The van der Waals surface area contributed by atoms with Gasteiger partial charge in [-0.15, -0.1) is 24.8 Å². The molecule has 1 aromatic carbocycles. The second-order valence-corrected chi connectivity index (χ2v) is 5.00. The van der Waals surface area contributed by atoms with Crippen molar-refractivity contribution in [2.45, 2.75) is 6.10 Å². The van der Waals surface area contributed by atoms with E-state index in [4.69, 9.17) is 10.5 Å². The summed E-state index contributed by atoms with van der Waals surface area (Å²) in [6.07, 6.45) is 5.25. The van der Waals surface area contributed by atoms with Gasteiger partial charge in [0.2, 0.25) is 0 Å². The molecule has 1 aliphatic rings. The number of morpholine rings is 1. The Balaban J connectivity index is 0.00000132. The quantitative estimate of drug-likeness (QED) is 0.902. The number of carbonyl (C=O) groups is 1. The molecule has 1 aliphatic heterocycles. The van der Waals surface area contributed by atoms with Gasteiger partial charge in [0.05, 0.1) is 19.0 Å². The number of rotatable bonds is 3. The fraction of sp³-hybridized carbons (Fsp3) is 0.333. The van der Waals surface area contributed by atoms with Gasteiger partial charge in [-0.2, -0.15) is 0 Å². The minimum Gasteiger partial charge on any atom is -0.373 e. The van der Waals surface area contributed by atoms with E-state index in [-0.39, 0.29) is 36.8 Å². The van der Waals surface area contributed by atoms with Gasteiger partial charge in [0.25, 0.3) is 5.91 Å². The molecule has 3 rings (SSSR count). The Morgan fingerprint density at radius 1 is 1.30 bits per heavy atom. The molecule has 0 radical (unpaired) electrons. The molecule has 6 nitrogen and oxygen atoms in total. The van der Waals surface area contributed by atoms with Crippen LogP contribution >= 0.6 is 24.8 Å². The van der Waals surface area contributed by atoms with Crippen molar-refractivity contribution in [2.75, 3.05) is 26.2 Å². The molecular formula is C15H20Cl2N4O2. The average Bonchev–Trinajstić information content (AvgIpc) is 3.09. The molecule has 126 valence electrons. The highest BCUT2D eigenvalue weighted by Crippen LogP contribution is 2.13. The third-order valence-corrected chi connectivity index (χ3v) is 3.61. The van der Waals surface area contributed by atoms with Gasteiger partial charge in [-0.05, 0) is 24.3 Å². The number of nitrogens with zero attached hydrogens (tertiary/aromatic N) is 3. The Hall–Kier alpha value is -1.60. The van der Waals surface area contributed by atoms with Crippen molar-refractivity contribution in [2.24, 2.45) is 5.73 Å². The Bertz CT molecular complexity index is 604. The molecule has 0 aliphatic carbocycles. The molecular weight excluding hydrogens is 339 g/mol. The smallest absolute Gasteiger partial charge is 0.254 e. The molecule has 1 amide bonds. The van der Waals surface area contributed by atoms with Crippen LogP contribution in [0.15, 0.2) is 43.0 Å². The van der Waals surface area contributed by atoms with E-state index in [1.807, 2.05) is 35.0 Å². The van der Waals surface area contributed by atoms with Gasteiger partial charge in [0.15, 0.2) is 0 Å². The summed E-state index contributed by atoms with van der Waals surface area (Å²) in [4.78, 5) is 18.3. The van der Waals surface area contributed by atoms with Crippen LogP contribution in [-0.2, 0) is 4.74 Å². The van der Waals surface area contributed by atoms with E-state index in [1.165, 1.54) is 0 Å². The second kappa shape index (κ2) is 8.88. The summed E-state index contributed by atoms with van der Waals surface area (Å²) in [5.41, 5.74) is 7.26. The third-order valence-electron chi connectivity index (χ3n) is 3.61. The second-order valence-electron chi connectivity index (χ2n) is 5.00. The number of carbonyl (C=O) groups excluding carboxylic acids is 1. The lowest BCUT2D eigenvalue weighted by Gasteiger charge is -2.32. The normalized spacial score (nSPS) is 17.1. The van der Waals surface area contributed by atoms with Gasteiger partial charge in [0, 0.05) is 43.3 Å². The van der Waals surface area contributed by atoms with E-state index in [0.29, 0.717) is 31.8 Å². The molecule has 2 aromatic rings. The molecule has 0 saturated carbocycles. The maximum Gasteiger partial charge on any atom is 0.254 e. The zero-order valence-electron chi connectivity index (χ0n) is 12.5. The fourth-order valence-corrected chi connectivity index (χ4v) is 2.42. The first-order valence-electron chi connectivity index (χ1n) is 6.97. The predicted molar refractivity (Wildman–Crippen MR) is 92.8 cm³/mol. The number of aromatic nitrogens is 2. The van der Waals surface area contributed by atoms with Crippen LogP contribution in [0.2, 0.25) is 0 Å². The summed E-state index contributed by atoms with van der Waals surface area (Å²) >= 11 is 0. The first kappa shape index (κ1) is 19.4. The summed E-state index contributed by atoms with van der Waals surface area (Å²) < 4.78 is 7.38. The molecule has 1 fully saturated rings. The number of ether oxygens (including phenoxy) is 1. The lowest BCUT2D eigenvalue weighted by molar-refractivity contribution is -0.0167. The van der Waals surface area contributed by atoms with Crippen LogP contribution in [0.4, 0.5) is 0 Å². The first-order chi connectivity index (χ1) is 10.3. The zero-order valence-corrected chi connectivity index (χ0v) is 14.1.